The number of amides is 7. The number of carboxylic acids is 1. The summed E-state index contributed by atoms with van der Waals surface area (Å²) < 4.78 is 21.3. The van der Waals surface area contributed by atoms with Crippen LogP contribution in [-0.4, -0.2) is 159 Å². The first-order valence-corrected chi connectivity index (χ1v) is 43.6. The number of alkyl carbamates (subject to hydrolysis) is 3. The van der Waals surface area contributed by atoms with Gasteiger partial charge in [-0.3, -0.25) is 39.6 Å². The van der Waals surface area contributed by atoms with Gasteiger partial charge in [0, 0.05) is 133 Å². The second kappa shape index (κ2) is 46.6. The van der Waals surface area contributed by atoms with Crippen molar-refractivity contribution in [1.29, 1.82) is 0 Å². The van der Waals surface area contributed by atoms with E-state index in [2.05, 4.69) is 60.6 Å². The minimum Gasteiger partial charge on any atom is -0.478 e. The zero-order valence-electron chi connectivity index (χ0n) is 75.9. The van der Waals surface area contributed by atoms with Gasteiger partial charge in [-0.2, -0.15) is 0 Å². The number of fused-ring (bicyclic) bond motifs is 4. The number of aromatic carboxylic acids is 1. The highest BCUT2D eigenvalue weighted by Crippen LogP contribution is 2.37. The van der Waals surface area contributed by atoms with Gasteiger partial charge in [-0.05, 0) is 236 Å². The Hall–Kier alpha value is -12.8. The molecule has 4 heterocycles. The minimum atomic E-state index is -1.08. The molecule has 0 atom stereocenters. The van der Waals surface area contributed by atoms with Crippen LogP contribution in [-0.2, 0) is 57.6 Å². The van der Waals surface area contributed by atoms with Crippen molar-refractivity contribution >= 4 is 130 Å². The Labute approximate surface area is 755 Å². The number of nitrogens with zero attached hydrogens (tertiary/aromatic N) is 7. The number of anilines is 3. The maximum Gasteiger partial charge on any atom is 0.413 e. The Morgan fingerprint density at radius 3 is 1.42 bits per heavy atom. The summed E-state index contributed by atoms with van der Waals surface area (Å²) in [4.78, 5) is 138. The van der Waals surface area contributed by atoms with E-state index in [4.69, 9.17) is 35.4 Å². The van der Waals surface area contributed by atoms with Crippen LogP contribution in [0.15, 0.2) is 164 Å². The summed E-state index contributed by atoms with van der Waals surface area (Å²) in [5.41, 5.74) is 21.5. The number of hydrogen-bond donors (Lipinski definition) is 8. The molecule has 4 aliphatic heterocycles. The van der Waals surface area contributed by atoms with Gasteiger partial charge in [0.25, 0.3) is 5.91 Å². The van der Waals surface area contributed by atoms with Crippen LogP contribution in [0.3, 0.4) is 0 Å². The van der Waals surface area contributed by atoms with E-state index in [1.165, 1.54) is 30.5 Å². The summed E-state index contributed by atoms with van der Waals surface area (Å²) in [6, 6.07) is 38.5. The fourth-order valence-electron chi connectivity index (χ4n) is 13.9. The van der Waals surface area contributed by atoms with Gasteiger partial charge < -0.3 is 66.2 Å². The number of nitrogens with two attached hydrogens (primary N) is 2. The third-order valence-electron chi connectivity index (χ3n) is 19.9. The predicted octanol–water partition coefficient (Wildman–Crippen LogP) is 19.6. The molecule has 6 aromatic rings. The zero-order valence-corrected chi connectivity index (χ0v) is 75.9. The lowest BCUT2D eigenvalue weighted by Crippen LogP contribution is -2.38. The van der Waals surface area contributed by atoms with Gasteiger partial charge in [0.15, 0.2) is 0 Å². The SMILES string of the molecule is C.C.CC(C)(C)OC(=O)CCc1ccccc1N.CCCN(CC1CC1)C(=O)C1=Cc2ccc(C(=O)O)cc2N=C(NC(=O)OC(C)(C)C)C1.CCCN(CC1CC1)C(=O)C1=Cc2ccc(C3=NCc4ccccc4N3)cc2N=C(N)C1.CCCN(CCC)C(=O)C1=Cc2ccc(C(=O)Nc3ccccc3CNC(=O)OC(C)(C)C)cc2N=C(NC(=O)OC(C)(C)C)C1. The number of esters is 1. The molecule has 28 nitrogen and oxygen atoms in total. The Bertz CT molecular complexity index is 5190. The van der Waals surface area contributed by atoms with E-state index >= 15 is 0 Å². The van der Waals surface area contributed by atoms with E-state index in [-0.39, 0.29) is 75.2 Å². The summed E-state index contributed by atoms with van der Waals surface area (Å²) in [6.07, 6.45) is 13.3. The molecule has 2 aliphatic carbocycles. The first-order chi connectivity index (χ1) is 59.6. The minimum absolute atomic E-state index is 0. The lowest BCUT2D eigenvalue weighted by molar-refractivity contribution is -0.154. The number of hydrogen-bond acceptors (Lipinski definition) is 20. The number of carboxylic acid groups (broad SMARTS) is 1. The van der Waals surface area contributed by atoms with Gasteiger partial charge >= 0.3 is 30.2 Å². The number of benzene rings is 6. The number of carbonyl (C=O) groups excluding carboxylic acids is 8. The fourth-order valence-corrected chi connectivity index (χ4v) is 13.9. The molecular weight excluding hydrogens is 1620 g/mol. The van der Waals surface area contributed by atoms with Gasteiger partial charge in [-0.1, -0.05) is 121 Å². The smallest absolute Gasteiger partial charge is 0.413 e. The summed E-state index contributed by atoms with van der Waals surface area (Å²) in [5, 5.41) is 23.7. The number of ether oxygens (including phenoxy) is 4. The highest BCUT2D eigenvalue weighted by atomic mass is 16.6. The Balaban J connectivity index is 0.000000244. The van der Waals surface area contributed by atoms with E-state index < -0.39 is 52.6 Å². The Morgan fingerprint density at radius 1 is 0.484 bits per heavy atom. The van der Waals surface area contributed by atoms with E-state index in [0.29, 0.717) is 119 Å². The van der Waals surface area contributed by atoms with Crippen LogP contribution in [0.1, 0.15) is 262 Å². The van der Waals surface area contributed by atoms with Crippen LogP contribution < -0.4 is 38.1 Å². The maximum atomic E-state index is 13.6. The van der Waals surface area contributed by atoms with E-state index in [9.17, 15) is 48.3 Å². The molecule has 2 saturated carbocycles. The quantitative estimate of drug-likeness (QED) is 0.0158. The van der Waals surface area contributed by atoms with Crippen molar-refractivity contribution in [3.05, 3.63) is 194 Å². The number of nitrogen functional groups attached to an aromatic ring is 1. The number of nitrogens with one attached hydrogen (secondary N) is 5. The van der Waals surface area contributed by atoms with E-state index in [0.717, 1.165) is 97.7 Å². The van der Waals surface area contributed by atoms with Gasteiger partial charge in [-0.25, -0.2) is 34.2 Å². The number of amidine groups is 4. The van der Waals surface area contributed by atoms with Crippen LogP contribution in [0.2, 0.25) is 0 Å². The van der Waals surface area contributed by atoms with Crippen molar-refractivity contribution in [2.45, 2.75) is 245 Å². The molecule has 0 spiro atoms. The predicted molar refractivity (Wildman–Crippen MR) is 511 cm³/mol. The molecule has 6 aliphatic rings. The summed E-state index contributed by atoms with van der Waals surface area (Å²) >= 11 is 0. The largest absolute Gasteiger partial charge is 0.478 e. The van der Waals surface area contributed by atoms with Crippen molar-refractivity contribution < 1.29 is 67.2 Å². The Kier molecular flexibility index (Phi) is 37.3. The number of aryl methyl sites for hydroxylation is 1. The highest BCUT2D eigenvalue weighted by Gasteiger charge is 2.33. The molecule has 12 rings (SSSR count). The number of carbonyl (C=O) groups is 9. The average molecular weight is 1760 g/mol. The summed E-state index contributed by atoms with van der Waals surface area (Å²) in [7, 11) is 0. The second-order valence-corrected chi connectivity index (χ2v) is 36.0. The molecule has 7 amide bonds. The van der Waals surface area contributed by atoms with Gasteiger partial charge in [-0.15, -0.1) is 0 Å². The summed E-state index contributed by atoms with van der Waals surface area (Å²) in [5.74, 6) is 1.18. The zero-order chi connectivity index (χ0) is 91.8. The molecule has 6 aromatic carbocycles. The lowest BCUT2D eigenvalue weighted by Gasteiger charge is -2.24. The van der Waals surface area contributed by atoms with E-state index in [1.807, 2.05) is 118 Å². The maximum absolute atomic E-state index is 13.6. The van der Waals surface area contributed by atoms with Gasteiger partial charge in [0.1, 0.15) is 45.7 Å². The van der Waals surface area contributed by atoms with Crippen molar-refractivity contribution in [3.8, 4) is 0 Å². The summed E-state index contributed by atoms with van der Waals surface area (Å²) in [6.45, 7) is 34.7. The monoisotopic (exact) mass is 1760 g/mol. The van der Waals surface area contributed by atoms with Crippen LogP contribution in [0.25, 0.3) is 18.2 Å². The Morgan fingerprint density at radius 2 is 0.922 bits per heavy atom. The molecule has 0 aromatic heterocycles. The topological polar surface area (TPSA) is 382 Å². The number of aliphatic imine (C=N–C) groups is 4. The first kappa shape index (κ1) is 102. The van der Waals surface area contributed by atoms with Crippen LogP contribution in [0.5, 0.6) is 0 Å². The molecule has 688 valence electrons. The molecule has 0 bridgehead atoms. The molecular formula is C100H134N14O14. The molecule has 28 heteroatoms. The van der Waals surface area contributed by atoms with Gasteiger partial charge in [0.2, 0.25) is 17.7 Å². The van der Waals surface area contributed by atoms with Crippen molar-refractivity contribution in [3.63, 3.8) is 0 Å². The van der Waals surface area contributed by atoms with Crippen LogP contribution in [0, 0.1) is 11.8 Å². The number of rotatable bonds is 24. The van der Waals surface area contributed by atoms with E-state index in [1.54, 1.807) is 122 Å². The molecule has 0 saturated heterocycles. The fraction of sp³-hybridized carbons (Fsp3) is 0.450. The van der Waals surface area contributed by atoms with Crippen LogP contribution in [0.4, 0.5) is 48.5 Å². The standard InChI is InChI=1S/C35H47N5O6.C26H29N5O.C24H31N3O5.C13H19NO2.2CH4/c1-9-17-40(18-10-2)31(42)26-19-23-15-16-24(20-28(23)37-29(21-26)39-33(44)46-35(6,7)8)30(41)38-27-14-12-11-13-25(27)22-36-32(43)45-34(3,4)5;1-2-11-31(16-17-7-8-17)26(32)21-12-18-9-10-19(13-23(18)29-24(27)14-21)25-28-15-20-5-3-4-6-22(20)30-25;1-5-10-27(14-15-6-7-15)21(28)18-11-16-8-9-17(22(29)30)12-19(16)25-20(13-18)26-23(31)32-24(2,3)4;1-13(2,3)16-12(15)9-8-10-6-4-5-7-11(10)14;;/h11-16,19-20H,9-10,17-18,21-22H2,1-8H3,(H,36,43)(H,38,41)(H,37,39,44);3-6,9-10,12-13,17H,2,7-8,11,14-16H2,1H3,(H2,27,29)(H,28,30);8-9,11-12,15H,5-7,10,13-14H2,1-4H3,(H,29,30)(H,25,26,31);4-7H,8-9,14H2,1-3H3;2*1H4. The number of para-hydroxylation sites is 3. The molecule has 2 fully saturated rings. The third-order valence-corrected chi connectivity index (χ3v) is 19.9. The second-order valence-electron chi connectivity index (χ2n) is 36.0. The van der Waals surface area contributed by atoms with Crippen molar-refractivity contribution in [2.75, 3.05) is 55.6 Å². The third kappa shape index (κ3) is 32.9. The normalized spacial score (nSPS) is 14.2. The molecule has 128 heavy (non-hydrogen) atoms. The molecule has 10 N–H and O–H groups in total. The molecule has 0 unspecified atom stereocenters. The molecule has 0 radical (unpaired) electrons. The van der Waals surface area contributed by atoms with Crippen LogP contribution >= 0.6 is 0 Å². The average Bonchev–Trinajstić information content (AvgIpc) is 1.54. The lowest BCUT2D eigenvalue weighted by atomic mass is 10.0. The highest BCUT2D eigenvalue weighted by molar-refractivity contribution is 6.13. The first-order valence-electron chi connectivity index (χ1n) is 43.6. The van der Waals surface area contributed by atoms with Crippen molar-refractivity contribution in [1.82, 2.24) is 30.7 Å². The van der Waals surface area contributed by atoms with Crippen molar-refractivity contribution in [2.24, 2.45) is 37.5 Å². The van der Waals surface area contributed by atoms with Gasteiger partial charge in [0.05, 0.1) is 29.2 Å².